The molecule has 2 unspecified atom stereocenters. The Morgan fingerprint density at radius 3 is 2.88 bits per heavy atom. The van der Waals surface area contributed by atoms with Gasteiger partial charge in [0.15, 0.2) is 0 Å². The van der Waals surface area contributed by atoms with Crippen LogP contribution in [-0.2, 0) is 9.53 Å². The average molecular weight is 244 g/mol. The van der Waals surface area contributed by atoms with E-state index in [4.69, 9.17) is 22.7 Å². The highest BCUT2D eigenvalue weighted by atomic mass is 32.1. The van der Waals surface area contributed by atoms with Gasteiger partial charge in [-0.25, -0.2) is 0 Å². The van der Waals surface area contributed by atoms with Crippen LogP contribution in [0.25, 0.3) is 0 Å². The van der Waals surface area contributed by atoms with Gasteiger partial charge in [-0.2, -0.15) is 0 Å². The second-order valence-corrected chi connectivity index (χ2v) is 4.66. The number of thiocarbonyl (C=S) groups is 1. The fourth-order valence-corrected chi connectivity index (χ4v) is 1.98. The predicted molar refractivity (Wildman–Crippen MR) is 67.2 cm³/mol. The normalized spacial score (nSPS) is 22.4. The Morgan fingerprint density at radius 1 is 1.62 bits per heavy atom. The number of nitrogens with one attached hydrogen (secondary N) is 1. The van der Waals surface area contributed by atoms with Gasteiger partial charge in [0.2, 0.25) is 5.91 Å². The van der Waals surface area contributed by atoms with Crippen LogP contribution in [0.4, 0.5) is 0 Å². The van der Waals surface area contributed by atoms with E-state index < -0.39 is 0 Å². The lowest BCUT2D eigenvalue weighted by Crippen LogP contribution is -2.44. The van der Waals surface area contributed by atoms with Crippen molar-refractivity contribution in [1.82, 2.24) is 5.32 Å². The Hall–Kier alpha value is -0.680. The molecule has 1 amide bonds. The van der Waals surface area contributed by atoms with Crippen molar-refractivity contribution in [3.63, 3.8) is 0 Å². The zero-order chi connectivity index (χ0) is 12.0. The Labute approximate surface area is 102 Å². The van der Waals surface area contributed by atoms with Crippen molar-refractivity contribution >= 4 is 23.1 Å². The molecule has 2 atom stereocenters. The van der Waals surface area contributed by atoms with Gasteiger partial charge in [0, 0.05) is 19.1 Å². The molecule has 0 aliphatic carbocycles. The summed E-state index contributed by atoms with van der Waals surface area (Å²) in [6, 6.07) is 0.0375. The molecule has 1 aliphatic heterocycles. The minimum atomic E-state index is -0.283. The number of carbonyl (C=O) groups excluding carboxylic acids is 1. The molecule has 1 heterocycles. The van der Waals surface area contributed by atoms with E-state index in [2.05, 4.69) is 5.32 Å². The van der Waals surface area contributed by atoms with Crippen LogP contribution in [0, 0.1) is 0 Å². The fraction of sp³-hybridized carbons (Fsp3) is 0.818. The molecule has 0 radical (unpaired) electrons. The molecule has 4 nitrogen and oxygen atoms in total. The maximum Gasteiger partial charge on any atom is 0.249 e. The SMILES string of the molecule is CCC(CC(N)=S)NC(=O)C1CCCCO1. The van der Waals surface area contributed by atoms with Gasteiger partial charge >= 0.3 is 0 Å². The molecule has 92 valence electrons. The number of carbonyl (C=O) groups is 1. The van der Waals surface area contributed by atoms with Crippen LogP contribution in [0.1, 0.15) is 39.0 Å². The first kappa shape index (κ1) is 13.4. The summed E-state index contributed by atoms with van der Waals surface area (Å²) in [5, 5.41) is 2.94. The van der Waals surface area contributed by atoms with Crippen molar-refractivity contribution in [1.29, 1.82) is 0 Å². The molecule has 0 saturated carbocycles. The summed E-state index contributed by atoms with van der Waals surface area (Å²) in [6.07, 6.45) is 4.03. The molecule has 3 N–H and O–H groups in total. The number of hydrogen-bond acceptors (Lipinski definition) is 3. The summed E-state index contributed by atoms with van der Waals surface area (Å²) in [5.41, 5.74) is 5.47. The average Bonchev–Trinajstić information content (AvgIpc) is 2.28. The summed E-state index contributed by atoms with van der Waals surface area (Å²) in [5.74, 6) is -0.0252. The van der Waals surface area contributed by atoms with Gasteiger partial charge in [-0.15, -0.1) is 0 Å². The lowest BCUT2D eigenvalue weighted by atomic mass is 10.1. The topological polar surface area (TPSA) is 64.3 Å². The van der Waals surface area contributed by atoms with E-state index in [9.17, 15) is 4.79 Å². The van der Waals surface area contributed by atoms with Crippen LogP contribution < -0.4 is 11.1 Å². The third kappa shape index (κ3) is 4.45. The van der Waals surface area contributed by atoms with E-state index in [0.717, 1.165) is 25.7 Å². The maximum atomic E-state index is 11.8. The maximum absolute atomic E-state index is 11.8. The molecule has 0 aromatic heterocycles. The van der Waals surface area contributed by atoms with Crippen LogP contribution >= 0.6 is 12.2 Å². The van der Waals surface area contributed by atoms with E-state index in [0.29, 0.717) is 18.0 Å². The Balaban J connectivity index is 2.38. The molecule has 0 spiro atoms. The van der Waals surface area contributed by atoms with Crippen molar-refractivity contribution in [2.75, 3.05) is 6.61 Å². The highest BCUT2D eigenvalue weighted by Gasteiger charge is 2.23. The number of rotatable bonds is 5. The van der Waals surface area contributed by atoms with Crippen LogP contribution in [0.3, 0.4) is 0 Å². The molecule has 1 saturated heterocycles. The number of amides is 1. The molecule has 1 fully saturated rings. The van der Waals surface area contributed by atoms with Crippen LogP contribution in [0.5, 0.6) is 0 Å². The zero-order valence-electron chi connectivity index (χ0n) is 9.70. The summed E-state index contributed by atoms with van der Waals surface area (Å²) < 4.78 is 5.41. The molecule has 0 aromatic carbocycles. The molecular formula is C11H20N2O2S. The number of nitrogens with two attached hydrogens (primary N) is 1. The third-order valence-electron chi connectivity index (χ3n) is 2.76. The van der Waals surface area contributed by atoms with Crippen molar-refractivity contribution in [3.05, 3.63) is 0 Å². The predicted octanol–water partition coefficient (Wildman–Crippen LogP) is 1.13. The van der Waals surface area contributed by atoms with Gasteiger partial charge in [-0.3, -0.25) is 4.79 Å². The first-order chi connectivity index (χ1) is 7.63. The lowest BCUT2D eigenvalue weighted by Gasteiger charge is -2.24. The molecule has 1 rings (SSSR count). The fourth-order valence-electron chi connectivity index (χ4n) is 1.78. The molecular weight excluding hydrogens is 224 g/mol. The molecule has 16 heavy (non-hydrogen) atoms. The van der Waals surface area contributed by atoms with E-state index in [-0.39, 0.29) is 18.1 Å². The monoisotopic (exact) mass is 244 g/mol. The second kappa shape index (κ2) is 6.81. The smallest absolute Gasteiger partial charge is 0.249 e. The van der Waals surface area contributed by atoms with Gasteiger partial charge in [0.05, 0.1) is 4.99 Å². The minimum Gasteiger partial charge on any atom is -0.393 e. The van der Waals surface area contributed by atoms with Crippen molar-refractivity contribution in [3.8, 4) is 0 Å². The quantitative estimate of drug-likeness (QED) is 0.712. The van der Waals surface area contributed by atoms with E-state index in [1.165, 1.54) is 0 Å². The van der Waals surface area contributed by atoms with E-state index >= 15 is 0 Å². The van der Waals surface area contributed by atoms with E-state index in [1.807, 2.05) is 6.92 Å². The standard InChI is InChI=1S/C11H20N2O2S/c1-2-8(7-10(12)16)13-11(14)9-5-3-4-6-15-9/h8-9H,2-7H2,1H3,(H2,12,16)(H,13,14). The van der Waals surface area contributed by atoms with Gasteiger partial charge in [-0.1, -0.05) is 19.1 Å². The number of ether oxygens (including phenoxy) is 1. The second-order valence-electron chi connectivity index (χ2n) is 4.14. The largest absolute Gasteiger partial charge is 0.393 e. The highest BCUT2D eigenvalue weighted by molar-refractivity contribution is 7.80. The van der Waals surface area contributed by atoms with Gasteiger partial charge < -0.3 is 15.8 Å². The summed E-state index contributed by atoms with van der Waals surface area (Å²) >= 11 is 4.84. The van der Waals surface area contributed by atoms with E-state index in [1.54, 1.807) is 0 Å². The van der Waals surface area contributed by atoms with Crippen LogP contribution in [0.2, 0.25) is 0 Å². The van der Waals surface area contributed by atoms with Crippen molar-refractivity contribution < 1.29 is 9.53 Å². The minimum absolute atomic E-state index is 0.0252. The number of hydrogen-bond donors (Lipinski definition) is 2. The molecule has 5 heteroatoms. The summed E-state index contributed by atoms with van der Waals surface area (Å²) in [7, 11) is 0. The lowest BCUT2D eigenvalue weighted by molar-refractivity contribution is -0.136. The van der Waals surface area contributed by atoms with Crippen LogP contribution in [0.15, 0.2) is 0 Å². The van der Waals surface area contributed by atoms with Crippen molar-refractivity contribution in [2.45, 2.75) is 51.2 Å². The third-order valence-corrected chi connectivity index (χ3v) is 2.93. The van der Waals surface area contributed by atoms with Gasteiger partial charge in [-0.05, 0) is 25.7 Å². The highest BCUT2D eigenvalue weighted by Crippen LogP contribution is 2.13. The first-order valence-electron chi connectivity index (χ1n) is 5.83. The van der Waals surface area contributed by atoms with Crippen LogP contribution in [-0.4, -0.2) is 29.6 Å². The zero-order valence-corrected chi connectivity index (χ0v) is 10.5. The van der Waals surface area contributed by atoms with Gasteiger partial charge in [0.1, 0.15) is 6.10 Å². The molecule has 0 aromatic rings. The Morgan fingerprint density at radius 2 is 2.38 bits per heavy atom. The summed E-state index contributed by atoms with van der Waals surface area (Å²) in [4.78, 5) is 12.3. The Bertz CT molecular complexity index is 252. The van der Waals surface area contributed by atoms with Gasteiger partial charge in [0.25, 0.3) is 0 Å². The molecule has 1 aliphatic rings. The van der Waals surface area contributed by atoms with Crippen molar-refractivity contribution in [2.24, 2.45) is 5.73 Å². The summed E-state index contributed by atoms with van der Waals surface area (Å²) in [6.45, 7) is 2.69. The Kier molecular flexibility index (Phi) is 5.69. The first-order valence-corrected chi connectivity index (χ1v) is 6.24. The molecule has 0 bridgehead atoms.